The highest BCUT2D eigenvalue weighted by Gasteiger charge is 2.30. The van der Waals surface area contributed by atoms with Crippen LogP contribution in [0.15, 0.2) is 132 Å². The fraction of sp³-hybridized carbons (Fsp3) is 0.176. The van der Waals surface area contributed by atoms with E-state index in [1.807, 2.05) is 121 Å². The third-order valence-electron chi connectivity index (χ3n) is 6.49. The molecule has 4 aromatic carbocycles. The number of hydrogen-bond acceptors (Lipinski definition) is 6. The first-order chi connectivity index (χ1) is 20.5. The zero-order chi connectivity index (χ0) is 29.6. The lowest BCUT2D eigenvalue weighted by molar-refractivity contribution is -0.146. The molecule has 0 bridgehead atoms. The number of benzene rings is 4. The number of aliphatic hydroxyl groups is 2. The minimum Gasteiger partial charge on any atom is -0.380 e. The van der Waals surface area contributed by atoms with Crippen LogP contribution in [0, 0.1) is 0 Å². The van der Waals surface area contributed by atoms with Gasteiger partial charge in [-0.1, -0.05) is 121 Å². The van der Waals surface area contributed by atoms with E-state index >= 15 is 0 Å². The van der Waals surface area contributed by atoms with E-state index in [0.717, 1.165) is 22.3 Å². The van der Waals surface area contributed by atoms with Crippen LogP contribution in [0.1, 0.15) is 22.3 Å². The molecule has 0 aliphatic rings. The summed E-state index contributed by atoms with van der Waals surface area (Å²) in [7, 11) is 0. The first kappa shape index (κ1) is 30.0. The Morgan fingerprint density at radius 1 is 0.476 bits per heavy atom. The molecule has 4 rings (SSSR count). The average molecular weight is 563 g/mol. The Balaban J connectivity index is 1.40. The summed E-state index contributed by atoms with van der Waals surface area (Å²) in [4.78, 5) is 25.3. The molecule has 0 unspecified atom stereocenters. The molecule has 2 atom stereocenters. The van der Waals surface area contributed by atoms with E-state index < -0.39 is 24.0 Å². The van der Waals surface area contributed by atoms with Crippen LogP contribution in [-0.4, -0.2) is 45.7 Å². The normalized spacial score (nSPS) is 12.0. The van der Waals surface area contributed by atoms with Gasteiger partial charge in [-0.2, -0.15) is 10.2 Å². The van der Waals surface area contributed by atoms with E-state index in [4.69, 9.17) is 0 Å². The van der Waals surface area contributed by atoms with Gasteiger partial charge in [0.05, 0.1) is 0 Å². The van der Waals surface area contributed by atoms with Gasteiger partial charge in [-0.15, -0.1) is 0 Å². The summed E-state index contributed by atoms with van der Waals surface area (Å²) in [6, 6.07) is 38.6. The van der Waals surface area contributed by atoms with Crippen molar-refractivity contribution in [1.29, 1.82) is 0 Å². The Hall–Kier alpha value is -4.92. The molecule has 2 amide bonds. The Kier molecular flexibility index (Phi) is 11.3. The number of nitrogens with zero attached hydrogens (tertiary/aromatic N) is 2. The van der Waals surface area contributed by atoms with Gasteiger partial charge in [0.25, 0.3) is 11.8 Å². The highest BCUT2D eigenvalue weighted by Crippen LogP contribution is 2.09. The predicted octanol–water partition coefficient (Wildman–Crippen LogP) is 3.62. The molecule has 0 fully saturated rings. The molecule has 0 saturated carbocycles. The first-order valence-corrected chi connectivity index (χ1v) is 13.7. The number of carbonyl (C=O) groups is 2. The van der Waals surface area contributed by atoms with Gasteiger partial charge >= 0.3 is 0 Å². The van der Waals surface area contributed by atoms with Crippen molar-refractivity contribution in [1.82, 2.24) is 10.9 Å². The van der Waals surface area contributed by atoms with E-state index in [1.165, 1.54) is 0 Å². The standard InChI is InChI=1S/C34H34N4O4/c39-31(33(41)37-35-29(21-25-13-5-1-6-14-25)22-26-15-7-2-8-16-26)32(40)34(42)38-36-30(23-27-17-9-3-10-18-27)24-28-19-11-4-12-20-28/h1-20,31-32,39-40H,21-24H2,(H,37,41)(H,38,42)/t31-,32-/m1/s1. The van der Waals surface area contributed by atoms with Gasteiger partial charge in [0.15, 0.2) is 12.2 Å². The number of rotatable bonds is 13. The maximum absolute atomic E-state index is 12.7. The van der Waals surface area contributed by atoms with Crippen LogP contribution >= 0.6 is 0 Å². The lowest BCUT2D eigenvalue weighted by Crippen LogP contribution is -2.48. The van der Waals surface area contributed by atoms with Crippen molar-refractivity contribution in [2.75, 3.05) is 0 Å². The molecular formula is C34H34N4O4. The van der Waals surface area contributed by atoms with E-state index in [9.17, 15) is 19.8 Å². The number of hydrogen-bond donors (Lipinski definition) is 4. The largest absolute Gasteiger partial charge is 0.380 e. The van der Waals surface area contributed by atoms with E-state index in [-0.39, 0.29) is 0 Å². The third kappa shape index (κ3) is 9.62. The summed E-state index contributed by atoms with van der Waals surface area (Å²) >= 11 is 0. The summed E-state index contributed by atoms with van der Waals surface area (Å²) in [6.45, 7) is 0. The number of hydrazone groups is 2. The second kappa shape index (κ2) is 15.8. The van der Waals surface area contributed by atoms with E-state index in [0.29, 0.717) is 37.1 Å². The van der Waals surface area contributed by atoms with E-state index in [2.05, 4.69) is 21.1 Å². The molecule has 0 heterocycles. The summed E-state index contributed by atoms with van der Waals surface area (Å²) in [5.41, 5.74) is 9.91. The Labute approximate surface area is 245 Å². The Bertz CT molecular complexity index is 1280. The maximum atomic E-state index is 12.7. The van der Waals surface area contributed by atoms with Crippen LogP contribution in [0.3, 0.4) is 0 Å². The smallest absolute Gasteiger partial charge is 0.272 e. The van der Waals surface area contributed by atoms with Crippen LogP contribution in [0.2, 0.25) is 0 Å². The minimum atomic E-state index is -2.05. The molecule has 0 aromatic heterocycles. The summed E-state index contributed by atoms with van der Waals surface area (Å²) in [5.74, 6) is -2.01. The van der Waals surface area contributed by atoms with Crippen molar-refractivity contribution in [3.05, 3.63) is 144 Å². The van der Waals surface area contributed by atoms with Gasteiger partial charge in [0, 0.05) is 37.1 Å². The second-order valence-corrected chi connectivity index (χ2v) is 9.85. The number of nitrogens with one attached hydrogen (secondary N) is 2. The molecule has 0 radical (unpaired) electrons. The zero-order valence-corrected chi connectivity index (χ0v) is 23.1. The van der Waals surface area contributed by atoms with Crippen LogP contribution in [0.25, 0.3) is 0 Å². The second-order valence-electron chi connectivity index (χ2n) is 9.85. The molecule has 4 N–H and O–H groups in total. The van der Waals surface area contributed by atoms with Gasteiger partial charge in [0.1, 0.15) is 0 Å². The molecule has 0 aliphatic heterocycles. The molecule has 0 saturated heterocycles. The molecule has 42 heavy (non-hydrogen) atoms. The highest BCUT2D eigenvalue weighted by molar-refractivity contribution is 5.94. The van der Waals surface area contributed by atoms with Gasteiger partial charge in [-0.25, -0.2) is 10.9 Å². The van der Waals surface area contributed by atoms with Crippen molar-refractivity contribution in [3.63, 3.8) is 0 Å². The number of amides is 2. The van der Waals surface area contributed by atoms with Crippen molar-refractivity contribution in [2.24, 2.45) is 10.2 Å². The maximum Gasteiger partial charge on any atom is 0.272 e. The van der Waals surface area contributed by atoms with Gasteiger partial charge < -0.3 is 10.2 Å². The fourth-order valence-corrected chi connectivity index (χ4v) is 4.30. The zero-order valence-electron chi connectivity index (χ0n) is 23.1. The monoisotopic (exact) mass is 562 g/mol. The van der Waals surface area contributed by atoms with Crippen molar-refractivity contribution in [3.8, 4) is 0 Å². The van der Waals surface area contributed by atoms with Gasteiger partial charge in [-0.3, -0.25) is 9.59 Å². The quantitative estimate of drug-likeness (QED) is 0.147. The van der Waals surface area contributed by atoms with Crippen molar-refractivity contribution < 1.29 is 19.8 Å². The molecule has 8 nitrogen and oxygen atoms in total. The topological polar surface area (TPSA) is 123 Å². The summed E-state index contributed by atoms with van der Waals surface area (Å²) in [6.07, 6.45) is -2.23. The molecule has 0 aliphatic carbocycles. The van der Waals surface area contributed by atoms with Crippen molar-refractivity contribution >= 4 is 23.2 Å². The fourth-order valence-electron chi connectivity index (χ4n) is 4.30. The molecule has 0 spiro atoms. The summed E-state index contributed by atoms with van der Waals surface area (Å²) < 4.78 is 0. The molecule has 214 valence electrons. The Morgan fingerprint density at radius 2 is 0.714 bits per heavy atom. The predicted molar refractivity (Wildman–Crippen MR) is 164 cm³/mol. The Morgan fingerprint density at radius 3 is 0.952 bits per heavy atom. The first-order valence-electron chi connectivity index (χ1n) is 13.7. The SMILES string of the molecule is O=C(NN=C(Cc1ccccc1)Cc1ccccc1)[C@H](O)[C@@H](O)C(=O)NN=C(Cc1ccccc1)Cc1ccccc1. The van der Waals surface area contributed by atoms with Crippen molar-refractivity contribution in [2.45, 2.75) is 37.9 Å². The highest BCUT2D eigenvalue weighted by atomic mass is 16.3. The lowest BCUT2D eigenvalue weighted by atomic mass is 10.0. The molecular weight excluding hydrogens is 528 g/mol. The third-order valence-corrected chi connectivity index (χ3v) is 6.49. The number of carbonyl (C=O) groups excluding carboxylic acids is 2. The molecule has 8 heteroatoms. The number of aliphatic hydroxyl groups excluding tert-OH is 2. The van der Waals surface area contributed by atoms with Gasteiger partial charge in [0.2, 0.25) is 0 Å². The minimum absolute atomic E-state index is 0.468. The van der Waals surface area contributed by atoms with E-state index in [1.54, 1.807) is 0 Å². The van der Waals surface area contributed by atoms with Crippen LogP contribution < -0.4 is 10.9 Å². The lowest BCUT2D eigenvalue weighted by Gasteiger charge is -2.16. The van der Waals surface area contributed by atoms with Gasteiger partial charge in [-0.05, 0) is 22.3 Å². The average Bonchev–Trinajstić information content (AvgIpc) is 3.03. The van der Waals surface area contributed by atoms with Crippen LogP contribution in [0.4, 0.5) is 0 Å². The van der Waals surface area contributed by atoms with Crippen LogP contribution in [-0.2, 0) is 35.3 Å². The summed E-state index contributed by atoms with van der Waals surface area (Å²) in [5, 5.41) is 29.4. The van der Waals surface area contributed by atoms with Crippen LogP contribution in [0.5, 0.6) is 0 Å². The molecule has 4 aromatic rings.